The number of pyridine rings is 1. The molecule has 5 aromatic rings. The van der Waals surface area contributed by atoms with Crippen LogP contribution in [0.3, 0.4) is 0 Å². The molecular weight excluding hydrogens is 1060 g/mol. The van der Waals surface area contributed by atoms with Crippen molar-refractivity contribution in [1.82, 2.24) is 55.4 Å². The molecular formula is C60H86FN15O5S. The maximum absolute atomic E-state index is 13.5. The highest BCUT2D eigenvalue weighted by Crippen LogP contribution is 2.39. The number of halogens is 1. The minimum absolute atomic E-state index is 0.0487. The number of H-pyrrole nitrogens is 2. The highest BCUT2D eigenvalue weighted by molar-refractivity contribution is 7.86. The van der Waals surface area contributed by atoms with Gasteiger partial charge in [0.05, 0.1) is 52.3 Å². The Hall–Kier alpha value is -6.40. The number of aromatic nitrogens is 5. The van der Waals surface area contributed by atoms with E-state index in [4.69, 9.17) is 4.74 Å². The van der Waals surface area contributed by atoms with E-state index in [9.17, 15) is 23.0 Å². The molecule has 1 amide bonds. The van der Waals surface area contributed by atoms with Gasteiger partial charge in [0.15, 0.2) is 12.1 Å². The number of allylic oxidation sites excluding steroid dienone is 1. The molecule has 3 saturated heterocycles. The van der Waals surface area contributed by atoms with Gasteiger partial charge < -0.3 is 40.4 Å². The van der Waals surface area contributed by atoms with Gasteiger partial charge in [-0.1, -0.05) is 26.0 Å². The molecule has 0 radical (unpaired) electrons. The summed E-state index contributed by atoms with van der Waals surface area (Å²) in [5.41, 5.74) is 5.71. The molecule has 3 fully saturated rings. The molecule has 82 heavy (non-hydrogen) atoms. The van der Waals surface area contributed by atoms with E-state index < -0.39 is 15.5 Å². The topological polar surface area (TPSA) is 225 Å². The molecule has 0 spiro atoms. The van der Waals surface area contributed by atoms with Gasteiger partial charge >= 0.3 is 0 Å². The summed E-state index contributed by atoms with van der Waals surface area (Å²) in [5.74, 6) is 1.71. The number of rotatable bonds is 17. The summed E-state index contributed by atoms with van der Waals surface area (Å²) >= 11 is 0. The molecule has 0 aliphatic carbocycles. The number of carbonyl (C=O) groups is 2. The van der Waals surface area contributed by atoms with E-state index in [0.717, 1.165) is 117 Å². The van der Waals surface area contributed by atoms with E-state index in [0.29, 0.717) is 84.3 Å². The second-order valence-electron chi connectivity index (χ2n) is 23.7. The summed E-state index contributed by atoms with van der Waals surface area (Å²) in [6.07, 6.45) is 6.48. The van der Waals surface area contributed by atoms with E-state index in [-0.39, 0.29) is 22.7 Å². The van der Waals surface area contributed by atoms with Crippen LogP contribution in [0.2, 0.25) is 0 Å². The van der Waals surface area contributed by atoms with Crippen LogP contribution >= 0.6 is 0 Å². The highest BCUT2D eigenvalue weighted by atomic mass is 32.2. The maximum Gasteiger partial charge on any atom is 0.251 e. The van der Waals surface area contributed by atoms with E-state index in [1.54, 1.807) is 12.1 Å². The van der Waals surface area contributed by atoms with Gasteiger partial charge in [0.2, 0.25) is 5.91 Å². The third-order valence-electron chi connectivity index (χ3n) is 15.2. The first-order valence-electron chi connectivity index (χ1n) is 28.4. The number of aromatic amines is 2. The van der Waals surface area contributed by atoms with Gasteiger partial charge in [-0.2, -0.15) is 5.10 Å². The Labute approximate surface area is 485 Å². The number of piperazine rings is 3. The zero-order valence-electron chi connectivity index (χ0n) is 49.9. The largest absolute Gasteiger partial charge is 0.492 e. The Bertz CT molecular complexity index is 3130. The maximum atomic E-state index is 13.5. The second kappa shape index (κ2) is 28.7. The molecule has 4 aliphatic heterocycles. The summed E-state index contributed by atoms with van der Waals surface area (Å²) in [6.45, 7) is 35.8. The average Bonchev–Trinajstić information content (AvgIpc) is 4.02. The number of hydrogen-bond donors (Lipinski definition) is 5. The van der Waals surface area contributed by atoms with Crippen LogP contribution in [-0.4, -0.2) is 196 Å². The number of benzene rings is 2. The SMILES string of the molecule is C=N/C=C(C=O)\C=N/CN1CCN[C@H](C)C1.CC1CN(CC(=O)N2CC(C)(C)c3[nH]c(=O)c(Cc4ccc(F)cc4)cc32)[C@@H](C)CN1.Cc1[nH]nc(Nc2ncnc3cc(OCCCN4CCN(C)CC4)c(S(=O)C(C)(C)C)cc23)c1C. The van der Waals surface area contributed by atoms with Crippen molar-refractivity contribution in [2.45, 2.75) is 115 Å². The number of hydrogen-bond acceptors (Lipinski definition) is 17. The molecule has 9 rings (SSSR count). The number of aliphatic imine (C=N–C) groups is 2. The average molecular weight is 1150 g/mol. The first-order valence-corrected chi connectivity index (χ1v) is 29.6. The Kier molecular flexibility index (Phi) is 22.1. The lowest BCUT2D eigenvalue weighted by Gasteiger charge is -2.37. The Morgan fingerprint density at radius 1 is 0.988 bits per heavy atom. The molecule has 22 heteroatoms. The van der Waals surface area contributed by atoms with Gasteiger partial charge in [-0.15, -0.1) is 0 Å². The number of carbonyl (C=O) groups excluding carboxylic acids is 2. The van der Waals surface area contributed by atoms with Crippen molar-refractivity contribution in [2.24, 2.45) is 9.98 Å². The number of fused-ring (bicyclic) bond motifs is 2. The van der Waals surface area contributed by atoms with Crippen LogP contribution in [0.1, 0.15) is 89.9 Å². The van der Waals surface area contributed by atoms with E-state index >= 15 is 0 Å². The summed E-state index contributed by atoms with van der Waals surface area (Å²) in [6, 6.07) is 12.9. The monoisotopic (exact) mass is 1150 g/mol. The Morgan fingerprint density at radius 2 is 1.72 bits per heavy atom. The van der Waals surface area contributed by atoms with Crippen molar-refractivity contribution in [1.29, 1.82) is 0 Å². The number of likely N-dealkylation sites (N-methyl/N-ethyl adjacent to an activating group) is 1. The lowest BCUT2D eigenvalue weighted by Crippen LogP contribution is -2.56. The summed E-state index contributed by atoms with van der Waals surface area (Å²) in [5, 5.41) is 18.2. The van der Waals surface area contributed by atoms with Crippen LogP contribution in [0.25, 0.3) is 10.9 Å². The number of amides is 1. The van der Waals surface area contributed by atoms with Gasteiger partial charge in [0.25, 0.3) is 5.56 Å². The molecule has 2 aromatic carbocycles. The molecule has 3 aromatic heterocycles. The summed E-state index contributed by atoms with van der Waals surface area (Å²) < 4.78 is 32.5. The molecule has 4 atom stereocenters. The zero-order chi connectivity index (χ0) is 59.3. The zero-order valence-corrected chi connectivity index (χ0v) is 50.7. The molecule has 20 nitrogen and oxygen atoms in total. The van der Waals surface area contributed by atoms with Crippen LogP contribution in [0.5, 0.6) is 5.75 Å². The molecule has 0 bridgehead atoms. The summed E-state index contributed by atoms with van der Waals surface area (Å²) in [4.78, 5) is 68.1. The van der Waals surface area contributed by atoms with E-state index in [1.165, 1.54) is 30.9 Å². The molecule has 2 unspecified atom stereocenters. The van der Waals surface area contributed by atoms with Gasteiger partial charge in [-0.25, -0.2) is 14.4 Å². The number of nitrogens with zero attached hydrogens (tertiary/aromatic N) is 10. The lowest BCUT2D eigenvalue weighted by molar-refractivity contribution is -0.120. The van der Waals surface area contributed by atoms with Crippen LogP contribution in [-0.2, 0) is 32.2 Å². The number of nitrogens with one attached hydrogen (secondary N) is 5. The fourth-order valence-electron chi connectivity index (χ4n) is 10.2. The molecule has 7 heterocycles. The fraction of sp³-hybridized carbons (Fsp3) is 0.533. The van der Waals surface area contributed by atoms with Crippen LogP contribution < -0.4 is 31.1 Å². The van der Waals surface area contributed by atoms with Crippen molar-refractivity contribution >= 4 is 64.2 Å². The standard InChI is InChI=1S/C25H37N7O2S.C24H31FN4O2.C11H18N4O/c1-17-18(2)29-30-23(17)28-24-19-14-22(35(33)25(3,4)5)21(15-20(19)26-16-27-24)34-13-7-8-32-11-9-31(6)10-12-32;1-15-12-28(16(2)11-26-15)13-21(30)29-14-24(3,4)22-20(29)10-18(23(31)27-22)9-17-5-7-19(25)8-6-17;1-10-7-15(4-3-14-10)9-13-6-11(8-16)5-12-2/h14-16H,7-13H2,1-6H3,(H2,26,27,28,29,30);5-8,10,15-16,26H,9,11-14H2,1-4H3,(H,27,31);5-6,8,10,14H,2-4,7,9H2,1H3/b;;11-5+,13-6-/t;15?,16-;10-/m.01/s1. The number of ether oxygens (including phenoxy) is 1. The smallest absolute Gasteiger partial charge is 0.251 e. The first kappa shape index (κ1) is 63.2. The van der Waals surface area contributed by atoms with Crippen molar-refractivity contribution in [3.05, 3.63) is 105 Å². The van der Waals surface area contributed by atoms with Gasteiger partial charge in [-0.3, -0.25) is 43.5 Å². The van der Waals surface area contributed by atoms with Crippen molar-refractivity contribution in [3.63, 3.8) is 0 Å². The van der Waals surface area contributed by atoms with Crippen molar-refractivity contribution in [3.8, 4) is 5.75 Å². The van der Waals surface area contributed by atoms with E-state index in [2.05, 4.69) is 105 Å². The normalized spacial score (nSPS) is 20.4. The van der Waals surface area contributed by atoms with Crippen molar-refractivity contribution in [2.75, 3.05) is 109 Å². The highest BCUT2D eigenvalue weighted by Gasteiger charge is 2.40. The quantitative estimate of drug-likeness (QED) is 0.0305. The minimum Gasteiger partial charge on any atom is -0.492 e. The van der Waals surface area contributed by atoms with E-state index in [1.807, 2.05) is 71.6 Å². The first-order chi connectivity index (χ1) is 39.0. The Balaban J connectivity index is 0.000000189. The molecule has 5 N–H and O–H groups in total. The minimum atomic E-state index is -1.28. The number of anilines is 3. The molecule has 444 valence electrons. The molecule has 0 saturated carbocycles. The summed E-state index contributed by atoms with van der Waals surface area (Å²) in [7, 11) is 0.882. The second-order valence-corrected chi connectivity index (χ2v) is 25.9. The predicted molar refractivity (Wildman–Crippen MR) is 327 cm³/mol. The van der Waals surface area contributed by atoms with Crippen LogP contribution in [0.4, 0.5) is 21.7 Å². The third-order valence-corrected chi connectivity index (χ3v) is 17.1. The molecule has 4 aliphatic rings. The van der Waals surface area contributed by atoms with Crippen LogP contribution in [0, 0.1) is 19.7 Å². The van der Waals surface area contributed by atoms with Gasteiger partial charge in [-0.05, 0) is 105 Å². The van der Waals surface area contributed by atoms with Gasteiger partial charge in [0.1, 0.15) is 23.7 Å². The van der Waals surface area contributed by atoms with Gasteiger partial charge in [0, 0.05) is 153 Å². The lowest BCUT2D eigenvalue weighted by atomic mass is 9.91. The fourth-order valence-corrected chi connectivity index (χ4v) is 11.4. The van der Waals surface area contributed by atoms with Crippen molar-refractivity contribution < 1.29 is 22.9 Å². The predicted octanol–water partition coefficient (Wildman–Crippen LogP) is 6.14. The number of aryl methyl sites for hydroxylation is 1. The Morgan fingerprint density at radius 3 is 2.39 bits per heavy atom. The number of aldehydes is 1. The van der Waals surface area contributed by atoms with Crippen LogP contribution in [0.15, 0.2) is 80.2 Å². The third kappa shape index (κ3) is 17.1.